The van der Waals surface area contributed by atoms with Crippen LogP contribution in [0.3, 0.4) is 0 Å². The zero-order valence-corrected chi connectivity index (χ0v) is 15.2. The molecule has 1 aromatic carbocycles. The number of hydrogen-bond acceptors (Lipinski definition) is 2. The topological polar surface area (TPSA) is 37.3 Å². The number of aliphatic hydroxyl groups is 1. The number of ketones is 1. The molecule has 0 unspecified atom stereocenters. The van der Waals surface area contributed by atoms with Crippen LogP contribution in [0.2, 0.25) is 0 Å². The van der Waals surface area contributed by atoms with E-state index in [1.54, 1.807) is 6.92 Å². The van der Waals surface area contributed by atoms with E-state index in [1.165, 1.54) is 12.5 Å². The van der Waals surface area contributed by atoms with E-state index in [4.69, 9.17) is 0 Å². The molecular formula is C20H30O2. The summed E-state index contributed by atoms with van der Waals surface area (Å²) in [5.41, 5.74) is 4.80. The van der Waals surface area contributed by atoms with Crippen molar-refractivity contribution in [2.24, 2.45) is 0 Å². The molecular weight excluding hydrogens is 272 g/mol. The molecule has 2 heteroatoms. The minimum absolute atomic E-state index is 0.0881. The van der Waals surface area contributed by atoms with Crippen LogP contribution in [0.4, 0.5) is 0 Å². The van der Waals surface area contributed by atoms with E-state index in [0.717, 1.165) is 16.7 Å². The molecule has 0 radical (unpaired) electrons. The molecule has 0 heterocycles. The van der Waals surface area contributed by atoms with E-state index in [1.807, 2.05) is 0 Å². The third-order valence-corrected chi connectivity index (χ3v) is 4.25. The van der Waals surface area contributed by atoms with Crippen LogP contribution in [-0.4, -0.2) is 10.9 Å². The summed E-state index contributed by atoms with van der Waals surface area (Å²) in [7, 11) is 0. The van der Waals surface area contributed by atoms with E-state index in [0.29, 0.717) is 11.5 Å². The number of benzene rings is 1. The second-order valence-electron chi connectivity index (χ2n) is 7.07. The Hall–Kier alpha value is -1.57. The fourth-order valence-electron chi connectivity index (χ4n) is 2.58. The van der Waals surface area contributed by atoms with Crippen molar-refractivity contribution in [2.45, 2.75) is 73.1 Å². The first-order valence-corrected chi connectivity index (χ1v) is 8.16. The van der Waals surface area contributed by atoms with Gasteiger partial charge in [-0.2, -0.15) is 0 Å². The van der Waals surface area contributed by atoms with Crippen molar-refractivity contribution < 1.29 is 9.90 Å². The second-order valence-corrected chi connectivity index (χ2v) is 7.07. The average Bonchev–Trinajstić information content (AvgIpc) is 2.43. The number of aliphatic hydroxyl groups excluding tert-OH is 1. The van der Waals surface area contributed by atoms with Crippen LogP contribution in [0.25, 0.3) is 5.76 Å². The van der Waals surface area contributed by atoms with E-state index in [-0.39, 0.29) is 23.4 Å². The fraction of sp³-hybridized carbons (Fsp3) is 0.550. The third-order valence-electron chi connectivity index (χ3n) is 4.25. The van der Waals surface area contributed by atoms with Crippen LogP contribution in [0.15, 0.2) is 17.7 Å². The summed E-state index contributed by atoms with van der Waals surface area (Å²) in [4.78, 5) is 11.7. The van der Waals surface area contributed by atoms with Gasteiger partial charge in [-0.25, -0.2) is 0 Å². The zero-order valence-electron chi connectivity index (χ0n) is 15.2. The molecule has 0 aliphatic heterocycles. The van der Waals surface area contributed by atoms with Crippen molar-refractivity contribution in [3.63, 3.8) is 0 Å². The van der Waals surface area contributed by atoms with Crippen LogP contribution >= 0.6 is 0 Å². The van der Waals surface area contributed by atoms with Gasteiger partial charge in [-0.05, 0) is 48.3 Å². The minimum Gasteiger partial charge on any atom is -0.507 e. The lowest BCUT2D eigenvalue weighted by molar-refractivity contribution is -0.113. The quantitative estimate of drug-likeness (QED) is 0.540. The molecule has 1 rings (SSSR count). The number of Topliss-reactive ketones (excluding diaryl/α,β-unsaturated/α-hetero) is 1. The number of hydrogen-bond donors (Lipinski definition) is 1. The Morgan fingerprint density at radius 1 is 0.864 bits per heavy atom. The Kier molecular flexibility index (Phi) is 5.99. The molecule has 22 heavy (non-hydrogen) atoms. The largest absolute Gasteiger partial charge is 0.507 e. The lowest BCUT2D eigenvalue weighted by atomic mass is 9.83. The Labute approximate surface area is 135 Å². The molecule has 0 bridgehead atoms. The fourth-order valence-corrected chi connectivity index (χ4v) is 2.58. The molecule has 0 saturated heterocycles. The van der Waals surface area contributed by atoms with Gasteiger partial charge in [0.2, 0.25) is 0 Å². The summed E-state index contributed by atoms with van der Waals surface area (Å²) < 4.78 is 0. The highest BCUT2D eigenvalue weighted by atomic mass is 16.3. The van der Waals surface area contributed by atoms with E-state index < -0.39 is 0 Å². The molecule has 0 spiro atoms. The van der Waals surface area contributed by atoms with Crippen molar-refractivity contribution in [1.29, 1.82) is 0 Å². The van der Waals surface area contributed by atoms with E-state index in [2.05, 4.69) is 53.7 Å². The van der Waals surface area contributed by atoms with Gasteiger partial charge in [0.15, 0.2) is 5.78 Å². The van der Waals surface area contributed by atoms with Gasteiger partial charge in [0.05, 0.1) is 0 Å². The van der Waals surface area contributed by atoms with Gasteiger partial charge >= 0.3 is 0 Å². The van der Waals surface area contributed by atoms with Crippen LogP contribution in [0, 0.1) is 0 Å². The Morgan fingerprint density at radius 3 is 1.55 bits per heavy atom. The number of carbonyl (C=O) groups is 1. The van der Waals surface area contributed by atoms with Gasteiger partial charge in [-0.1, -0.05) is 53.7 Å². The molecule has 2 nitrogen and oxygen atoms in total. The summed E-state index contributed by atoms with van der Waals surface area (Å²) >= 11 is 0. The monoisotopic (exact) mass is 302 g/mol. The van der Waals surface area contributed by atoms with Crippen LogP contribution in [0.1, 0.15) is 95.4 Å². The van der Waals surface area contributed by atoms with Crippen molar-refractivity contribution in [3.8, 4) is 0 Å². The summed E-state index contributed by atoms with van der Waals surface area (Å²) in [6.45, 7) is 16.1. The van der Waals surface area contributed by atoms with Gasteiger partial charge in [0.25, 0.3) is 0 Å². The predicted octanol–water partition coefficient (Wildman–Crippen LogP) is 5.93. The lowest BCUT2D eigenvalue weighted by Crippen LogP contribution is -2.08. The predicted molar refractivity (Wildman–Crippen MR) is 94.6 cm³/mol. The zero-order chi connectivity index (χ0) is 17.2. The lowest BCUT2D eigenvalue weighted by Gasteiger charge is -2.23. The molecule has 0 aliphatic carbocycles. The normalized spacial score (nSPS) is 13.0. The summed E-state index contributed by atoms with van der Waals surface area (Å²) in [6, 6.07) is 4.36. The molecule has 0 saturated carbocycles. The van der Waals surface area contributed by atoms with Crippen molar-refractivity contribution >= 4 is 11.5 Å². The molecule has 0 fully saturated rings. The van der Waals surface area contributed by atoms with Crippen molar-refractivity contribution in [1.82, 2.24) is 0 Å². The summed E-state index contributed by atoms with van der Waals surface area (Å²) in [5.74, 6) is 1.05. The number of carbonyl (C=O) groups excluding carboxylic acids is 1. The highest BCUT2D eigenvalue weighted by Crippen LogP contribution is 2.36. The smallest absolute Gasteiger partial charge is 0.159 e. The van der Waals surface area contributed by atoms with E-state index in [9.17, 15) is 9.90 Å². The SMILES string of the molecule is CC(=O)/C(C)=C(\O)c1c(C(C)C)cc(C(C)C)cc1C(C)C. The average molecular weight is 302 g/mol. The summed E-state index contributed by atoms with van der Waals surface area (Å²) in [6.07, 6.45) is 0. The van der Waals surface area contributed by atoms with Gasteiger partial charge in [-0.15, -0.1) is 0 Å². The Morgan fingerprint density at radius 2 is 1.27 bits per heavy atom. The summed E-state index contributed by atoms with van der Waals surface area (Å²) in [5, 5.41) is 10.7. The first kappa shape index (κ1) is 18.5. The van der Waals surface area contributed by atoms with Crippen LogP contribution in [-0.2, 0) is 4.79 Å². The minimum atomic E-state index is -0.0881. The molecule has 1 aromatic rings. The molecule has 0 aliphatic rings. The maximum absolute atomic E-state index is 11.7. The van der Waals surface area contributed by atoms with Crippen LogP contribution < -0.4 is 0 Å². The highest BCUT2D eigenvalue weighted by molar-refractivity contribution is 5.99. The maximum Gasteiger partial charge on any atom is 0.159 e. The third kappa shape index (κ3) is 3.79. The Bertz CT molecular complexity index is 561. The van der Waals surface area contributed by atoms with E-state index >= 15 is 0 Å². The molecule has 0 aromatic heterocycles. The van der Waals surface area contributed by atoms with Crippen molar-refractivity contribution in [3.05, 3.63) is 40.0 Å². The second kappa shape index (κ2) is 7.13. The van der Waals surface area contributed by atoms with Gasteiger partial charge in [0.1, 0.15) is 5.76 Å². The van der Waals surface area contributed by atoms with Crippen molar-refractivity contribution in [2.75, 3.05) is 0 Å². The highest BCUT2D eigenvalue weighted by Gasteiger charge is 2.21. The number of allylic oxidation sites excluding steroid dienone is 1. The standard InChI is InChI=1S/C20H30O2/c1-11(2)16-9-17(12(3)4)19(18(10-16)13(5)6)20(22)14(7)15(8)21/h9-13,22H,1-8H3/b20-14-. The van der Waals surface area contributed by atoms with Gasteiger partial charge in [0, 0.05) is 11.1 Å². The first-order valence-electron chi connectivity index (χ1n) is 8.16. The van der Waals surface area contributed by atoms with Gasteiger partial charge < -0.3 is 5.11 Å². The molecule has 122 valence electrons. The van der Waals surface area contributed by atoms with Crippen LogP contribution in [0.5, 0.6) is 0 Å². The van der Waals surface area contributed by atoms with Gasteiger partial charge in [-0.3, -0.25) is 4.79 Å². The Balaban J connectivity index is 3.81. The maximum atomic E-state index is 11.7. The number of rotatable bonds is 5. The molecule has 0 atom stereocenters. The molecule has 1 N–H and O–H groups in total. The molecule has 0 amide bonds. The first-order chi connectivity index (χ1) is 10.1.